The molecular formula is C26H23NO6. The first-order valence-corrected chi connectivity index (χ1v) is 10.5. The minimum atomic E-state index is -0.615. The first kappa shape index (κ1) is 22.1. The predicted octanol–water partition coefficient (Wildman–Crippen LogP) is 4.27. The minimum absolute atomic E-state index is 0.0441. The second-order valence-electron chi connectivity index (χ2n) is 7.57. The quantitative estimate of drug-likeness (QED) is 0.381. The highest BCUT2D eigenvalue weighted by Gasteiger charge is 2.36. The maximum atomic E-state index is 12.5. The number of amides is 1. The highest BCUT2D eigenvalue weighted by atomic mass is 16.5. The van der Waals surface area contributed by atoms with Crippen LogP contribution in [-0.4, -0.2) is 37.9 Å². The van der Waals surface area contributed by atoms with Crippen LogP contribution < -0.4 is 14.4 Å². The summed E-state index contributed by atoms with van der Waals surface area (Å²) in [6.45, 7) is -0.138. The Kier molecular flexibility index (Phi) is 6.69. The van der Waals surface area contributed by atoms with Gasteiger partial charge in [-0.05, 0) is 48.5 Å². The van der Waals surface area contributed by atoms with E-state index in [1.807, 2.05) is 0 Å². The molecule has 33 heavy (non-hydrogen) atoms. The third-order valence-electron chi connectivity index (χ3n) is 5.34. The SMILES string of the molecule is COc1ccc(Oc2ccc(N3C[C@H](C(=O)OCC(=O)c4ccccc4)CC3=O)cc2)cc1. The second-order valence-corrected chi connectivity index (χ2v) is 7.57. The number of carbonyl (C=O) groups is 3. The van der Waals surface area contributed by atoms with Crippen LogP contribution in [0, 0.1) is 5.92 Å². The van der Waals surface area contributed by atoms with Gasteiger partial charge in [-0.2, -0.15) is 0 Å². The van der Waals surface area contributed by atoms with Crippen LogP contribution in [0.15, 0.2) is 78.9 Å². The lowest BCUT2D eigenvalue weighted by Crippen LogP contribution is -2.27. The Hall–Kier alpha value is -4.13. The lowest BCUT2D eigenvalue weighted by atomic mass is 10.1. The van der Waals surface area contributed by atoms with E-state index in [4.69, 9.17) is 14.2 Å². The van der Waals surface area contributed by atoms with E-state index in [2.05, 4.69) is 0 Å². The van der Waals surface area contributed by atoms with Gasteiger partial charge in [0.25, 0.3) is 0 Å². The summed E-state index contributed by atoms with van der Waals surface area (Å²) in [6, 6.07) is 22.9. The van der Waals surface area contributed by atoms with Gasteiger partial charge in [-0.1, -0.05) is 30.3 Å². The molecule has 3 aromatic carbocycles. The van der Waals surface area contributed by atoms with E-state index < -0.39 is 11.9 Å². The van der Waals surface area contributed by atoms with Crippen LogP contribution in [0.2, 0.25) is 0 Å². The number of ether oxygens (including phenoxy) is 3. The lowest BCUT2D eigenvalue weighted by Gasteiger charge is -2.17. The summed E-state index contributed by atoms with van der Waals surface area (Å²) in [5.41, 5.74) is 1.14. The molecule has 0 bridgehead atoms. The molecule has 0 aliphatic carbocycles. The molecule has 7 nitrogen and oxygen atoms in total. The molecule has 0 N–H and O–H groups in total. The minimum Gasteiger partial charge on any atom is -0.497 e. The fourth-order valence-electron chi connectivity index (χ4n) is 3.55. The van der Waals surface area contributed by atoms with Crippen molar-refractivity contribution < 1.29 is 28.6 Å². The van der Waals surface area contributed by atoms with Crippen molar-refractivity contribution in [1.82, 2.24) is 0 Å². The Balaban J connectivity index is 1.32. The summed E-state index contributed by atoms with van der Waals surface area (Å²) in [5.74, 6) is 0.404. The predicted molar refractivity (Wildman–Crippen MR) is 122 cm³/mol. The van der Waals surface area contributed by atoms with Crippen molar-refractivity contribution in [1.29, 1.82) is 0 Å². The maximum Gasteiger partial charge on any atom is 0.311 e. The van der Waals surface area contributed by atoms with E-state index in [1.54, 1.807) is 90.9 Å². The first-order valence-electron chi connectivity index (χ1n) is 10.5. The van der Waals surface area contributed by atoms with Crippen molar-refractivity contribution >= 4 is 23.3 Å². The number of hydrogen-bond acceptors (Lipinski definition) is 6. The zero-order chi connectivity index (χ0) is 23.2. The highest BCUT2D eigenvalue weighted by molar-refractivity contribution is 6.01. The van der Waals surface area contributed by atoms with Crippen molar-refractivity contribution in [3.8, 4) is 17.2 Å². The van der Waals surface area contributed by atoms with E-state index in [-0.39, 0.29) is 31.3 Å². The van der Waals surface area contributed by atoms with Crippen LogP contribution in [0.3, 0.4) is 0 Å². The molecule has 168 valence electrons. The third kappa shape index (κ3) is 5.38. The average molecular weight is 445 g/mol. The number of nitrogens with zero attached hydrogens (tertiary/aromatic N) is 1. The molecule has 1 saturated heterocycles. The number of ketones is 1. The van der Waals surface area contributed by atoms with Crippen molar-refractivity contribution in [2.75, 3.05) is 25.2 Å². The van der Waals surface area contributed by atoms with Gasteiger partial charge in [0.05, 0.1) is 13.0 Å². The van der Waals surface area contributed by atoms with Gasteiger partial charge in [0.15, 0.2) is 12.4 Å². The summed E-state index contributed by atoms with van der Waals surface area (Å²) in [6.07, 6.45) is 0.0441. The Morgan fingerprint density at radius 1 is 0.879 bits per heavy atom. The van der Waals surface area contributed by atoms with E-state index in [0.717, 1.165) is 5.75 Å². The van der Waals surface area contributed by atoms with Crippen molar-refractivity contribution in [3.05, 3.63) is 84.4 Å². The van der Waals surface area contributed by atoms with E-state index in [1.165, 1.54) is 0 Å². The Bertz CT molecular complexity index is 1130. The number of hydrogen-bond donors (Lipinski definition) is 0. The van der Waals surface area contributed by atoms with Crippen LogP contribution in [0.4, 0.5) is 5.69 Å². The van der Waals surface area contributed by atoms with E-state index >= 15 is 0 Å². The van der Waals surface area contributed by atoms with Crippen LogP contribution in [-0.2, 0) is 14.3 Å². The van der Waals surface area contributed by atoms with Gasteiger partial charge >= 0.3 is 5.97 Å². The van der Waals surface area contributed by atoms with E-state index in [0.29, 0.717) is 22.7 Å². The van der Waals surface area contributed by atoms with Crippen molar-refractivity contribution in [3.63, 3.8) is 0 Å². The molecule has 0 aromatic heterocycles. The van der Waals surface area contributed by atoms with Gasteiger partial charge < -0.3 is 19.1 Å². The molecule has 0 saturated carbocycles. The van der Waals surface area contributed by atoms with Gasteiger partial charge in [0, 0.05) is 24.2 Å². The molecule has 4 rings (SSSR count). The summed E-state index contributed by atoms with van der Waals surface area (Å²) >= 11 is 0. The van der Waals surface area contributed by atoms with Gasteiger partial charge in [-0.25, -0.2) is 0 Å². The summed E-state index contributed by atoms with van der Waals surface area (Å²) < 4.78 is 16.1. The van der Waals surface area contributed by atoms with Crippen molar-refractivity contribution in [2.45, 2.75) is 6.42 Å². The molecule has 1 amide bonds. The zero-order valence-corrected chi connectivity index (χ0v) is 18.1. The van der Waals surface area contributed by atoms with Crippen LogP contribution in [0.25, 0.3) is 0 Å². The van der Waals surface area contributed by atoms with Crippen LogP contribution >= 0.6 is 0 Å². The largest absolute Gasteiger partial charge is 0.497 e. The number of carbonyl (C=O) groups excluding carboxylic acids is 3. The standard InChI is InChI=1S/C26H23NO6/c1-31-21-11-13-23(14-12-21)33-22-9-7-20(8-10-22)27-16-19(15-25(27)29)26(30)32-17-24(28)18-5-3-2-4-6-18/h2-14,19H,15-17H2,1H3/t19-/m1/s1. The smallest absolute Gasteiger partial charge is 0.311 e. The zero-order valence-electron chi connectivity index (χ0n) is 18.1. The summed E-state index contributed by atoms with van der Waals surface area (Å²) in [5, 5.41) is 0. The molecule has 0 unspecified atom stereocenters. The summed E-state index contributed by atoms with van der Waals surface area (Å²) in [7, 11) is 1.60. The molecule has 1 aliphatic heterocycles. The molecule has 7 heteroatoms. The monoisotopic (exact) mass is 445 g/mol. The number of anilines is 1. The highest BCUT2D eigenvalue weighted by Crippen LogP contribution is 2.29. The molecule has 0 radical (unpaired) electrons. The average Bonchev–Trinajstić information content (AvgIpc) is 3.25. The number of rotatable bonds is 8. The van der Waals surface area contributed by atoms with Crippen molar-refractivity contribution in [2.24, 2.45) is 5.92 Å². The van der Waals surface area contributed by atoms with Gasteiger partial charge in [-0.15, -0.1) is 0 Å². The van der Waals surface area contributed by atoms with Gasteiger partial charge in [-0.3, -0.25) is 14.4 Å². The number of benzene rings is 3. The first-order chi connectivity index (χ1) is 16.0. The molecule has 1 atom stereocenters. The third-order valence-corrected chi connectivity index (χ3v) is 5.34. The fraction of sp³-hybridized carbons (Fsp3) is 0.192. The molecule has 0 spiro atoms. The normalized spacial score (nSPS) is 15.2. The molecule has 3 aromatic rings. The summed E-state index contributed by atoms with van der Waals surface area (Å²) in [4.78, 5) is 38.6. The van der Waals surface area contributed by atoms with Gasteiger partial charge in [0.2, 0.25) is 5.91 Å². The number of Topliss-reactive ketones (excluding diaryl/α,β-unsaturated/α-hetero) is 1. The number of esters is 1. The second kappa shape index (κ2) is 9.99. The van der Waals surface area contributed by atoms with Crippen LogP contribution in [0.5, 0.6) is 17.2 Å². The van der Waals surface area contributed by atoms with Crippen LogP contribution in [0.1, 0.15) is 16.8 Å². The lowest BCUT2D eigenvalue weighted by molar-refractivity contribution is -0.147. The van der Waals surface area contributed by atoms with E-state index in [9.17, 15) is 14.4 Å². The molecule has 1 aliphatic rings. The Morgan fingerprint density at radius 3 is 2.12 bits per heavy atom. The van der Waals surface area contributed by atoms with Gasteiger partial charge in [0.1, 0.15) is 17.2 Å². The Labute approximate surface area is 191 Å². The Morgan fingerprint density at radius 2 is 1.48 bits per heavy atom. The fourth-order valence-corrected chi connectivity index (χ4v) is 3.55. The molecular weight excluding hydrogens is 422 g/mol. The topological polar surface area (TPSA) is 82.1 Å². The number of methoxy groups -OCH3 is 1. The maximum absolute atomic E-state index is 12.5. The molecule has 1 fully saturated rings. The molecule has 1 heterocycles.